The lowest BCUT2D eigenvalue weighted by Gasteiger charge is -2.36. The molecule has 30 heavy (non-hydrogen) atoms. The molecule has 3 amide bonds. The van der Waals surface area contributed by atoms with Gasteiger partial charge in [0, 0.05) is 50.2 Å². The molecule has 4 rings (SSSR count). The molecule has 0 bridgehead atoms. The summed E-state index contributed by atoms with van der Waals surface area (Å²) in [5.41, 5.74) is 3.48. The first kappa shape index (κ1) is 20.2. The van der Waals surface area contributed by atoms with Gasteiger partial charge in [-0.05, 0) is 63.1 Å². The van der Waals surface area contributed by atoms with E-state index in [1.807, 2.05) is 56.1 Å². The number of hydrogen-bond donors (Lipinski definition) is 1. The zero-order valence-corrected chi connectivity index (χ0v) is 18.1. The maximum Gasteiger partial charge on any atom is 0.322 e. The largest absolute Gasteiger partial charge is 0.353 e. The van der Waals surface area contributed by atoms with E-state index < -0.39 is 0 Å². The van der Waals surface area contributed by atoms with Crippen LogP contribution in [0.2, 0.25) is 0 Å². The monoisotopic (exact) mass is 407 g/mol. The molecule has 0 unspecified atom stereocenters. The number of piperazine rings is 1. The lowest BCUT2D eigenvalue weighted by Crippen LogP contribution is -2.49. The fraction of sp³-hybridized carbons (Fsp3) is 0.435. The van der Waals surface area contributed by atoms with E-state index in [1.54, 1.807) is 4.90 Å². The Bertz CT molecular complexity index is 962. The quantitative estimate of drug-likeness (QED) is 0.849. The molecule has 1 N–H and O–H groups in total. The van der Waals surface area contributed by atoms with Crippen molar-refractivity contribution in [3.63, 3.8) is 0 Å². The second-order valence-corrected chi connectivity index (χ2v) is 8.79. The highest BCUT2D eigenvalue weighted by Crippen LogP contribution is 2.28. The smallest absolute Gasteiger partial charge is 0.322 e. The fourth-order valence-electron chi connectivity index (χ4n) is 4.29. The van der Waals surface area contributed by atoms with Gasteiger partial charge in [-0.3, -0.25) is 9.69 Å². The SMILES string of the molecule is Cc1cnc(N2CCN(C(=O)c3ccc(N4C(=O)NCC4(C)C)cc3)CC2)c(C)c1. The molecule has 0 atom stereocenters. The summed E-state index contributed by atoms with van der Waals surface area (Å²) in [6.07, 6.45) is 1.89. The van der Waals surface area contributed by atoms with Crippen LogP contribution in [0.15, 0.2) is 36.5 Å². The number of aromatic nitrogens is 1. The molecule has 3 heterocycles. The third-order valence-electron chi connectivity index (χ3n) is 5.91. The average Bonchev–Trinajstić information content (AvgIpc) is 3.00. The zero-order valence-electron chi connectivity index (χ0n) is 18.1. The minimum Gasteiger partial charge on any atom is -0.353 e. The fourth-order valence-corrected chi connectivity index (χ4v) is 4.29. The van der Waals surface area contributed by atoms with E-state index in [2.05, 4.69) is 28.2 Å². The van der Waals surface area contributed by atoms with E-state index in [-0.39, 0.29) is 17.5 Å². The van der Waals surface area contributed by atoms with E-state index in [0.717, 1.165) is 30.2 Å². The Hall–Kier alpha value is -3.09. The molecule has 0 spiro atoms. The minimum atomic E-state index is -0.291. The van der Waals surface area contributed by atoms with Crippen molar-refractivity contribution in [1.29, 1.82) is 0 Å². The number of aryl methyl sites for hydroxylation is 2. The molecule has 1 aromatic heterocycles. The molecule has 0 saturated carbocycles. The molecule has 2 saturated heterocycles. The first-order valence-corrected chi connectivity index (χ1v) is 10.4. The summed E-state index contributed by atoms with van der Waals surface area (Å²) in [5, 5.41) is 2.87. The van der Waals surface area contributed by atoms with E-state index in [0.29, 0.717) is 25.2 Å². The lowest BCUT2D eigenvalue weighted by atomic mass is 10.0. The van der Waals surface area contributed by atoms with Crippen molar-refractivity contribution in [2.24, 2.45) is 0 Å². The molecule has 2 aliphatic rings. The van der Waals surface area contributed by atoms with Crippen LogP contribution < -0.4 is 15.1 Å². The van der Waals surface area contributed by atoms with Gasteiger partial charge in [0.2, 0.25) is 0 Å². The highest BCUT2D eigenvalue weighted by Gasteiger charge is 2.38. The second-order valence-electron chi connectivity index (χ2n) is 8.79. The highest BCUT2D eigenvalue weighted by atomic mass is 16.2. The number of rotatable bonds is 3. The lowest BCUT2D eigenvalue weighted by molar-refractivity contribution is 0.0746. The third-order valence-corrected chi connectivity index (χ3v) is 5.91. The molecular formula is C23H29N5O2. The summed E-state index contributed by atoms with van der Waals surface area (Å²) in [7, 11) is 0. The van der Waals surface area contributed by atoms with Crippen LogP contribution in [-0.2, 0) is 0 Å². The molecule has 7 nitrogen and oxygen atoms in total. The van der Waals surface area contributed by atoms with Gasteiger partial charge in [-0.15, -0.1) is 0 Å². The number of benzene rings is 1. The summed E-state index contributed by atoms with van der Waals surface area (Å²) in [4.78, 5) is 35.6. The Morgan fingerprint density at radius 3 is 2.30 bits per heavy atom. The second kappa shape index (κ2) is 7.63. The predicted molar refractivity (Wildman–Crippen MR) is 118 cm³/mol. The van der Waals surface area contributed by atoms with Crippen molar-refractivity contribution >= 4 is 23.4 Å². The number of urea groups is 1. The number of hydrogen-bond acceptors (Lipinski definition) is 4. The molecule has 2 aromatic rings. The van der Waals surface area contributed by atoms with Crippen molar-refractivity contribution < 1.29 is 9.59 Å². The Kier molecular flexibility index (Phi) is 5.13. The highest BCUT2D eigenvalue weighted by molar-refractivity contribution is 5.98. The first-order chi connectivity index (χ1) is 14.3. The number of amides is 3. The van der Waals surface area contributed by atoms with Crippen LogP contribution in [0.4, 0.5) is 16.3 Å². The third kappa shape index (κ3) is 3.72. The van der Waals surface area contributed by atoms with Crippen LogP contribution in [0, 0.1) is 13.8 Å². The van der Waals surface area contributed by atoms with E-state index in [9.17, 15) is 9.59 Å². The van der Waals surface area contributed by atoms with Crippen LogP contribution in [0.5, 0.6) is 0 Å². The number of anilines is 2. The summed E-state index contributed by atoms with van der Waals surface area (Å²) in [6, 6.07) is 9.39. The molecule has 2 aliphatic heterocycles. The van der Waals surface area contributed by atoms with Crippen molar-refractivity contribution in [3.8, 4) is 0 Å². The van der Waals surface area contributed by atoms with E-state index in [4.69, 9.17) is 0 Å². The number of pyridine rings is 1. The zero-order chi connectivity index (χ0) is 21.5. The maximum absolute atomic E-state index is 13.0. The summed E-state index contributed by atoms with van der Waals surface area (Å²) in [5.74, 6) is 1.03. The number of nitrogens with one attached hydrogen (secondary N) is 1. The molecular weight excluding hydrogens is 378 g/mol. The van der Waals surface area contributed by atoms with Crippen LogP contribution in [0.25, 0.3) is 0 Å². The van der Waals surface area contributed by atoms with E-state index >= 15 is 0 Å². The predicted octanol–water partition coefficient (Wildman–Crippen LogP) is 2.97. The van der Waals surface area contributed by atoms with Gasteiger partial charge in [0.25, 0.3) is 5.91 Å². The van der Waals surface area contributed by atoms with Gasteiger partial charge in [0.05, 0.1) is 5.54 Å². The molecule has 1 aromatic carbocycles. The van der Waals surface area contributed by atoms with Crippen LogP contribution in [-0.4, -0.2) is 60.1 Å². The van der Waals surface area contributed by atoms with Gasteiger partial charge in [0.1, 0.15) is 5.82 Å². The minimum absolute atomic E-state index is 0.0277. The number of carbonyl (C=O) groups is 2. The summed E-state index contributed by atoms with van der Waals surface area (Å²) < 4.78 is 0. The van der Waals surface area contributed by atoms with Crippen molar-refractivity contribution in [2.45, 2.75) is 33.2 Å². The molecule has 2 fully saturated rings. The van der Waals surface area contributed by atoms with Gasteiger partial charge in [0.15, 0.2) is 0 Å². The van der Waals surface area contributed by atoms with Gasteiger partial charge < -0.3 is 15.1 Å². The standard InChI is InChI=1S/C23H29N5O2/c1-16-13-17(2)20(24-14-16)26-9-11-27(12-10-26)21(29)18-5-7-19(8-6-18)28-22(30)25-15-23(28,3)4/h5-8,13-14H,9-12,15H2,1-4H3,(H,25,30). The van der Waals surface area contributed by atoms with E-state index in [1.165, 1.54) is 5.56 Å². The topological polar surface area (TPSA) is 68.8 Å². The van der Waals surface area contributed by atoms with Crippen LogP contribution >= 0.6 is 0 Å². The van der Waals surface area contributed by atoms with Gasteiger partial charge in [-0.25, -0.2) is 9.78 Å². The molecule has 0 aliphatic carbocycles. The van der Waals surface area contributed by atoms with Crippen molar-refractivity contribution in [2.75, 3.05) is 42.5 Å². The number of carbonyl (C=O) groups excluding carboxylic acids is 2. The first-order valence-electron chi connectivity index (χ1n) is 10.4. The van der Waals surface area contributed by atoms with Gasteiger partial charge >= 0.3 is 6.03 Å². The molecule has 0 radical (unpaired) electrons. The normalized spacial score (nSPS) is 18.5. The summed E-state index contributed by atoms with van der Waals surface area (Å²) in [6.45, 7) is 11.6. The Morgan fingerprint density at radius 2 is 1.73 bits per heavy atom. The Labute approximate surface area is 177 Å². The number of nitrogens with zero attached hydrogens (tertiary/aromatic N) is 4. The Balaban J connectivity index is 1.41. The molecule has 158 valence electrons. The Morgan fingerprint density at radius 1 is 1.07 bits per heavy atom. The van der Waals surface area contributed by atoms with Crippen LogP contribution in [0.3, 0.4) is 0 Å². The van der Waals surface area contributed by atoms with Crippen LogP contribution in [0.1, 0.15) is 35.3 Å². The van der Waals surface area contributed by atoms with Gasteiger partial charge in [-0.1, -0.05) is 6.07 Å². The summed E-state index contributed by atoms with van der Waals surface area (Å²) >= 11 is 0. The van der Waals surface area contributed by atoms with Crippen molar-refractivity contribution in [1.82, 2.24) is 15.2 Å². The average molecular weight is 408 g/mol. The molecule has 7 heteroatoms. The van der Waals surface area contributed by atoms with Gasteiger partial charge in [-0.2, -0.15) is 0 Å². The maximum atomic E-state index is 13.0. The van der Waals surface area contributed by atoms with Crippen molar-refractivity contribution in [3.05, 3.63) is 53.2 Å².